The summed E-state index contributed by atoms with van der Waals surface area (Å²) in [6, 6.07) is 23.3. The summed E-state index contributed by atoms with van der Waals surface area (Å²) in [7, 11) is -3.87. The molecule has 1 aliphatic carbocycles. The Morgan fingerprint density at radius 2 is 1.05 bits per heavy atom. The Morgan fingerprint density at radius 1 is 0.649 bits per heavy atom. The molecule has 7 heteroatoms. The molecule has 3 aromatic rings. The van der Waals surface area contributed by atoms with Crippen molar-refractivity contribution in [2.45, 2.75) is 44.7 Å². The van der Waals surface area contributed by atoms with E-state index in [1.54, 1.807) is 24.3 Å². The van der Waals surface area contributed by atoms with Crippen LogP contribution in [0.25, 0.3) is 10.5 Å². The van der Waals surface area contributed by atoms with Crippen molar-refractivity contribution < 1.29 is 40.3 Å². The van der Waals surface area contributed by atoms with Crippen molar-refractivity contribution in [2.24, 2.45) is 0 Å². The number of aryl methyl sites for hydroxylation is 1. The van der Waals surface area contributed by atoms with E-state index in [1.165, 1.54) is 17.8 Å². The van der Waals surface area contributed by atoms with E-state index >= 15 is 0 Å². The molecule has 0 aliphatic heterocycles. The Hall–Kier alpha value is -1.56. The van der Waals surface area contributed by atoms with Crippen LogP contribution in [-0.2, 0) is 29.5 Å². The van der Waals surface area contributed by atoms with Gasteiger partial charge in [0.1, 0.15) is 10.0 Å². The summed E-state index contributed by atoms with van der Waals surface area (Å²) in [5.41, 5.74) is 11.0. The predicted octanol–water partition coefficient (Wildman–Crippen LogP) is 4.99. The van der Waals surface area contributed by atoms with Crippen LogP contribution in [0.3, 0.4) is 0 Å². The second-order valence-electron chi connectivity index (χ2n) is 8.80. The van der Waals surface area contributed by atoms with Crippen LogP contribution in [0.15, 0.2) is 89.8 Å². The van der Waals surface area contributed by atoms with Crippen LogP contribution in [0.2, 0.25) is 0 Å². The number of hydrogen-bond acceptors (Lipinski definition) is 2. The summed E-state index contributed by atoms with van der Waals surface area (Å²) < 4.78 is 29.8. The van der Waals surface area contributed by atoms with Gasteiger partial charge in [-0.3, -0.25) is 0 Å². The first-order chi connectivity index (χ1) is 16.7. The monoisotopic (exact) mass is 621 g/mol. The Kier molecular flexibility index (Phi) is 14.3. The number of hydrogen-bond donors (Lipinski definition) is 0. The van der Waals surface area contributed by atoms with Crippen LogP contribution in [0.1, 0.15) is 49.5 Å². The molecule has 0 unspecified atom stereocenters. The van der Waals surface area contributed by atoms with Gasteiger partial charge in [0, 0.05) is 4.90 Å². The van der Waals surface area contributed by atoms with Crippen LogP contribution in [-0.4, -0.2) is 8.42 Å². The molecule has 4 rings (SSSR count). The number of benzene rings is 3. The average molecular weight is 621 g/mol. The van der Waals surface area contributed by atoms with E-state index in [4.69, 9.17) is 5.73 Å². The summed E-state index contributed by atoms with van der Waals surface area (Å²) in [4.78, 5) is 0.143. The molecule has 37 heavy (non-hydrogen) atoms. The van der Waals surface area contributed by atoms with E-state index in [2.05, 4.69) is 44.8 Å². The van der Waals surface area contributed by atoms with Gasteiger partial charge in [0.05, 0.1) is 0 Å². The molecule has 1 fully saturated rings. The number of halogens is 1. The van der Waals surface area contributed by atoms with E-state index < -0.39 is 22.1 Å². The van der Waals surface area contributed by atoms with Gasteiger partial charge in [-0.15, -0.1) is 12.1 Å². The van der Waals surface area contributed by atoms with Crippen LogP contribution in [0, 0.1) is 43.9 Å². The maximum atomic E-state index is 12.8. The Morgan fingerprint density at radius 3 is 1.49 bits per heavy atom. The minimum atomic E-state index is -3.87. The molecule has 0 heterocycles. The first-order valence-electron chi connectivity index (χ1n) is 11.6. The molecule has 1 N–H and O–H groups in total. The minimum absolute atomic E-state index is 0. The molecule has 3 aromatic carbocycles. The molecular weight excluding hydrogens is 589 g/mol. The Balaban J connectivity index is 0.000000530. The molecule has 1 aliphatic rings. The standard InChI is InChI=1S/C21H20N2O2S.C9H12.ClH.Ru/c1-16-12-14-19(15-13-16)26(24,25)23-21(18-10-6-3-7-11-18)20(22)17-8-4-2-5-9-17;1-7-4-8(2)6-9(3)5-7;;/h2-15,20-22H,1H3;4-6H,1-3H3;1H;/q-2;;;+3/p-1/t20-,21-;;;/m0.../s1. The topological polar surface area (TPSA) is 72.0 Å². The van der Waals surface area contributed by atoms with Crippen molar-refractivity contribution in [3.63, 3.8) is 0 Å². The maximum absolute atomic E-state index is 12.8. The number of nitrogens with one attached hydrogen (secondary N) is 1. The van der Waals surface area contributed by atoms with E-state index in [-0.39, 0.29) is 36.8 Å². The molecule has 4 nitrogen and oxygen atoms in total. The zero-order valence-corrected chi connectivity index (χ0v) is 24.7. The summed E-state index contributed by atoms with van der Waals surface area (Å²) in [5, 5.41) is 0. The third-order valence-electron chi connectivity index (χ3n) is 5.55. The van der Waals surface area contributed by atoms with Gasteiger partial charge in [-0.25, -0.2) is 8.42 Å². The number of rotatable bonds is 6. The van der Waals surface area contributed by atoms with E-state index in [1.807, 2.05) is 67.6 Å². The van der Waals surface area contributed by atoms with Gasteiger partial charge >= 0.3 is 19.5 Å². The van der Waals surface area contributed by atoms with Crippen molar-refractivity contribution in [3.05, 3.63) is 149 Å². The largest absolute Gasteiger partial charge is 3.00 e. The predicted molar refractivity (Wildman–Crippen MR) is 144 cm³/mol. The first kappa shape index (κ1) is 33.5. The zero-order chi connectivity index (χ0) is 25.4. The van der Waals surface area contributed by atoms with Gasteiger partial charge < -0.3 is 22.9 Å². The molecule has 1 saturated carbocycles. The van der Waals surface area contributed by atoms with Crippen LogP contribution < -0.4 is 12.4 Å². The maximum Gasteiger partial charge on any atom is 3.00 e. The summed E-state index contributed by atoms with van der Waals surface area (Å²) in [6.07, 6.45) is 6.56. The molecule has 0 aromatic heterocycles. The zero-order valence-electron chi connectivity index (χ0n) is 21.4. The second-order valence-corrected chi connectivity index (χ2v) is 10.4. The molecular formula is C30H32ClN2O2RuS. The molecule has 0 amide bonds. The van der Waals surface area contributed by atoms with Crippen molar-refractivity contribution in [2.75, 3.05) is 0 Å². The van der Waals surface area contributed by atoms with Crippen molar-refractivity contribution in [1.29, 1.82) is 0 Å². The SMILES string of the molecule is C[C]1[CH][C](C)[CH][C](C)[CH]1.Cc1ccc(S(=O)(=O)[N-][C@@H](c2ccccc2)[C@@H]([NH-])c2ccccc2)cc1.[Cl-].[Ru+3]. The van der Waals surface area contributed by atoms with Gasteiger partial charge in [-0.1, -0.05) is 110 Å². The van der Waals surface area contributed by atoms with Gasteiger partial charge in [0.15, 0.2) is 0 Å². The third-order valence-corrected chi connectivity index (χ3v) is 6.93. The smallest absolute Gasteiger partial charge is 1.00 e. The van der Waals surface area contributed by atoms with E-state index in [9.17, 15) is 8.42 Å². The van der Waals surface area contributed by atoms with E-state index in [0.29, 0.717) is 5.56 Å². The van der Waals surface area contributed by atoms with Crippen molar-refractivity contribution in [3.8, 4) is 0 Å². The molecule has 0 saturated heterocycles. The van der Waals surface area contributed by atoms with Crippen molar-refractivity contribution >= 4 is 10.0 Å². The second kappa shape index (κ2) is 15.8. The fourth-order valence-corrected chi connectivity index (χ4v) is 5.07. The molecule has 0 bridgehead atoms. The summed E-state index contributed by atoms with van der Waals surface area (Å²) >= 11 is 0. The van der Waals surface area contributed by atoms with Crippen molar-refractivity contribution in [1.82, 2.24) is 0 Å². The molecule has 2 atom stereocenters. The van der Waals surface area contributed by atoms with Gasteiger partial charge in [-0.2, -0.15) is 0 Å². The first-order valence-corrected chi connectivity index (χ1v) is 13.0. The van der Waals surface area contributed by atoms with Crippen LogP contribution >= 0.6 is 0 Å². The fourth-order valence-electron chi connectivity index (χ4n) is 3.93. The fraction of sp³-hybridized carbons (Fsp3) is 0.200. The quantitative estimate of drug-likeness (QED) is 0.364. The molecule has 0 spiro atoms. The Labute approximate surface area is 243 Å². The number of nitrogens with zero attached hydrogens (tertiary/aromatic N) is 1. The summed E-state index contributed by atoms with van der Waals surface area (Å²) in [5.74, 6) is 4.06. The van der Waals surface area contributed by atoms with Gasteiger partial charge in [0.25, 0.3) is 0 Å². The van der Waals surface area contributed by atoms with Crippen LogP contribution in [0.4, 0.5) is 0 Å². The molecule has 195 valence electrons. The average Bonchev–Trinajstić information content (AvgIpc) is 2.83. The normalized spacial score (nSPS) is 16.4. The molecule has 7 radical (unpaired) electrons. The van der Waals surface area contributed by atoms with Gasteiger partial charge in [-0.05, 0) is 56.1 Å². The van der Waals surface area contributed by atoms with Gasteiger partial charge in [0.2, 0.25) is 0 Å². The third kappa shape index (κ3) is 10.3. The van der Waals surface area contributed by atoms with E-state index in [0.717, 1.165) is 11.1 Å². The number of sulfonamides is 1. The Bertz CT molecular complexity index is 1120. The minimum Gasteiger partial charge on any atom is -1.00 e. The van der Waals surface area contributed by atoms with Crippen LogP contribution in [0.5, 0.6) is 0 Å². The summed E-state index contributed by atoms with van der Waals surface area (Å²) in [6.45, 7) is 8.27.